The summed E-state index contributed by atoms with van der Waals surface area (Å²) >= 11 is 5.65. The molecule has 10 rings (SSSR count). The third-order valence-electron chi connectivity index (χ3n) is 14.3. The SMILES string of the molecule is COC(=O)C1CC2COCC(C1)N2.COC(=O)C1CC2COCC(C1)N2CC(=O)N1CCc2c(C)nn(Cc3ccc(F)cc3)c2C1.Cc1nn(Cc2ccc(F)cc2)c2c1CCN(C(=O)CCl)C2.Cl. The van der Waals surface area contributed by atoms with Gasteiger partial charge in [0.1, 0.15) is 17.5 Å². The van der Waals surface area contributed by atoms with Gasteiger partial charge >= 0.3 is 11.9 Å². The Morgan fingerprint density at radius 3 is 1.54 bits per heavy atom. The summed E-state index contributed by atoms with van der Waals surface area (Å²) in [6.45, 7) is 10.3. The number of ether oxygens (including phenoxy) is 4. The van der Waals surface area contributed by atoms with Gasteiger partial charge in [0.25, 0.3) is 0 Å². The highest BCUT2D eigenvalue weighted by Gasteiger charge is 2.43. The lowest BCUT2D eigenvalue weighted by molar-refractivity contribution is -0.156. The van der Waals surface area contributed by atoms with Gasteiger partial charge < -0.3 is 34.1 Å². The van der Waals surface area contributed by atoms with Crippen LogP contribution in [0.1, 0.15) is 70.7 Å². The van der Waals surface area contributed by atoms with E-state index in [0.717, 1.165) is 72.8 Å². The molecule has 0 spiro atoms. The molecule has 16 nitrogen and oxygen atoms in total. The van der Waals surface area contributed by atoms with Gasteiger partial charge in [-0.25, -0.2) is 8.78 Å². The van der Waals surface area contributed by atoms with Crippen LogP contribution in [0.2, 0.25) is 0 Å². The van der Waals surface area contributed by atoms with Gasteiger partial charge in [0.2, 0.25) is 11.8 Å². The molecule has 4 unspecified atom stereocenters. The second-order valence-electron chi connectivity index (χ2n) is 18.9. The maximum atomic E-state index is 13.4. The lowest BCUT2D eigenvalue weighted by atomic mass is 9.85. The number of nitrogens with zero attached hydrogens (tertiary/aromatic N) is 7. The first-order valence-electron chi connectivity index (χ1n) is 23.8. The Hall–Kier alpha value is -4.98. The van der Waals surface area contributed by atoms with Crippen molar-refractivity contribution in [3.63, 3.8) is 0 Å². The molecule has 0 aliphatic carbocycles. The smallest absolute Gasteiger partial charge is 0.308 e. The second kappa shape index (κ2) is 24.0. The van der Waals surface area contributed by atoms with E-state index in [-0.39, 0.29) is 77.6 Å². The number of aromatic nitrogens is 4. The summed E-state index contributed by atoms with van der Waals surface area (Å²) in [4.78, 5) is 54.5. The molecule has 0 saturated carbocycles. The molecule has 70 heavy (non-hydrogen) atoms. The van der Waals surface area contributed by atoms with Crippen LogP contribution in [0.25, 0.3) is 0 Å². The number of amides is 2. The summed E-state index contributed by atoms with van der Waals surface area (Å²) in [5.41, 5.74) is 8.44. The van der Waals surface area contributed by atoms with Crippen LogP contribution in [-0.4, -0.2) is 148 Å². The van der Waals surface area contributed by atoms with Crippen LogP contribution in [0.5, 0.6) is 0 Å². The molecule has 6 aliphatic heterocycles. The second-order valence-corrected chi connectivity index (χ2v) is 19.1. The zero-order chi connectivity index (χ0) is 48.8. The molecule has 4 fully saturated rings. The van der Waals surface area contributed by atoms with E-state index in [4.69, 9.17) is 35.6 Å². The number of carbonyl (C=O) groups excluding carboxylic acids is 4. The van der Waals surface area contributed by atoms with E-state index in [1.807, 2.05) is 28.1 Å². The summed E-state index contributed by atoms with van der Waals surface area (Å²) in [6, 6.07) is 13.6. The van der Waals surface area contributed by atoms with Crippen LogP contribution in [0.3, 0.4) is 0 Å². The van der Waals surface area contributed by atoms with E-state index in [1.165, 1.54) is 49.6 Å². The fourth-order valence-corrected chi connectivity index (χ4v) is 10.9. The molecule has 6 aliphatic rings. The maximum absolute atomic E-state index is 13.4. The zero-order valence-electron chi connectivity index (χ0n) is 40.2. The van der Waals surface area contributed by atoms with E-state index in [2.05, 4.69) is 15.3 Å². The van der Waals surface area contributed by atoms with Crippen molar-refractivity contribution in [1.29, 1.82) is 0 Å². The third-order valence-corrected chi connectivity index (χ3v) is 14.5. The number of rotatable bonds is 9. The number of benzene rings is 2. The molecule has 4 aromatic rings. The molecule has 1 N–H and O–H groups in total. The number of hydrogen-bond acceptors (Lipinski definition) is 12. The van der Waals surface area contributed by atoms with Crippen LogP contribution >= 0.6 is 24.0 Å². The molecule has 4 saturated heterocycles. The topological polar surface area (TPSA) is 163 Å². The first kappa shape index (κ1) is 52.8. The normalized spacial score (nSPS) is 23.5. The molecule has 380 valence electrons. The number of methoxy groups -OCH3 is 2. The van der Waals surface area contributed by atoms with Crippen molar-refractivity contribution < 1.29 is 46.9 Å². The van der Waals surface area contributed by atoms with Crippen LogP contribution in [0.15, 0.2) is 48.5 Å². The van der Waals surface area contributed by atoms with Crippen molar-refractivity contribution in [2.24, 2.45) is 11.8 Å². The van der Waals surface area contributed by atoms with Crippen LogP contribution < -0.4 is 5.32 Å². The highest BCUT2D eigenvalue weighted by atomic mass is 35.5. The van der Waals surface area contributed by atoms with Crippen LogP contribution in [0.4, 0.5) is 8.78 Å². The molecule has 20 heteroatoms. The minimum atomic E-state index is -0.259. The third kappa shape index (κ3) is 12.5. The Bertz CT molecular complexity index is 2430. The van der Waals surface area contributed by atoms with E-state index in [9.17, 15) is 28.0 Å². The molecule has 2 aromatic heterocycles. The standard InChI is InChI=1S/C25H31FN4O4.C16H17ClFN3O.C9H15NO3.ClH/c1-16-22-7-8-28(12-23(22)30(27-16)11-17-3-5-19(26)6-4-17)24(31)13-29-20-9-18(25(32)33-2)10-21(29)15-34-14-20;1-11-14-6-7-20(16(22)8-17)10-15(14)21(19-11)9-12-2-4-13(18)5-3-12;1-12-9(11)6-2-7-4-13-5-8(3-6)10-7;/h3-6,18,20-21H,7-15H2,1-2H3;2-5H,6-10H2,1H3;6-8,10H,2-5H2,1H3;1H. The lowest BCUT2D eigenvalue weighted by Gasteiger charge is -2.48. The van der Waals surface area contributed by atoms with Crippen molar-refractivity contribution >= 4 is 47.8 Å². The van der Waals surface area contributed by atoms with Gasteiger partial charge in [-0.3, -0.25) is 33.4 Å². The average Bonchev–Trinajstić information content (AvgIpc) is 3.84. The van der Waals surface area contributed by atoms with Crippen molar-refractivity contribution in [2.45, 2.75) is 103 Å². The zero-order valence-corrected chi connectivity index (χ0v) is 41.8. The lowest BCUT2D eigenvalue weighted by Crippen LogP contribution is -2.60. The predicted molar refractivity (Wildman–Crippen MR) is 257 cm³/mol. The number of morpholine rings is 2. The van der Waals surface area contributed by atoms with Crippen LogP contribution in [-0.2, 0) is 77.1 Å². The number of nitrogens with one attached hydrogen (secondary N) is 1. The Balaban J connectivity index is 0.000000171. The van der Waals surface area contributed by atoms with Gasteiger partial charge in [-0.2, -0.15) is 10.2 Å². The number of piperidine rings is 2. The fourth-order valence-electron chi connectivity index (χ4n) is 10.7. The average molecular weight is 1010 g/mol. The highest BCUT2D eigenvalue weighted by molar-refractivity contribution is 6.27. The Labute approximate surface area is 418 Å². The van der Waals surface area contributed by atoms with E-state index >= 15 is 0 Å². The van der Waals surface area contributed by atoms with E-state index in [1.54, 1.807) is 29.2 Å². The molecule has 4 bridgehead atoms. The van der Waals surface area contributed by atoms with Crippen molar-refractivity contribution in [3.8, 4) is 0 Å². The van der Waals surface area contributed by atoms with Gasteiger partial charge in [0.15, 0.2) is 0 Å². The Morgan fingerprint density at radius 1 is 0.671 bits per heavy atom. The number of carbonyl (C=O) groups is 4. The van der Waals surface area contributed by atoms with E-state index in [0.29, 0.717) is 84.0 Å². The van der Waals surface area contributed by atoms with E-state index < -0.39 is 0 Å². The molecule has 2 amide bonds. The Morgan fingerprint density at radius 2 is 1.10 bits per heavy atom. The minimum absolute atomic E-state index is 0. The number of esters is 2. The monoisotopic (exact) mass is 1010 g/mol. The van der Waals surface area contributed by atoms with Gasteiger partial charge in [0.05, 0.1) is 108 Å². The first-order valence-corrected chi connectivity index (χ1v) is 24.4. The molecule has 0 radical (unpaired) electrons. The number of fused-ring (bicyclic) bond motifs is 6. The van der Waals surface area contributed by atoms with Crippen LogP contribution in [0, 0.1) is 37.3 Å². The largest absolute Gasteiger partial charge is 0.469 e. The summed E-state index contributed by atoms with van der Waals surface area (Å²) in [6.07, 6.45) is 4.59. The number of hydrogen-bond donors (Lipinski definition) is 1. The quantitative estimate of drug-likeness (QED) is 0.181. The fraction of sp³-hybridized carbons (Fsp3) is 0.560. The van der Waals surface area contributed by atoms with Gasteiger partial charge in [-0.15, -0.1) is 24.0 Å². The molecular weight excluding hydrogens is 949 g/mol. The Kier molecular flexibility index (Phi) is 18.1. The predicted octanol–water partition coefficient (Wildman–Crippen LogP) is 4.77. The van der Waals surface area contributed by atoms with Gasteiger partial charge in [-0.1, -0.05) is 24.3 Å². The first-order chi connectivity index (χ1) is 33.3. The number of aryl methyl sites for hydroxylation is 2. The summed E-state index contributed by atoms with van der Waals surface area (Å²) in [5.74, 6) is -0.770. The molecule has 2 aromatic carbocycles. The summed E-state index contributed by atoms with van der Waals surface area (Å²) in [7, 11) is 2.88. The molecule has 8 heterocycles. The van der Waals surface area contributed by atoms with Crippen molar-refractivity contribution in [3.05, 3.63) is 105 Å². The molecule has 4 atom stereocenters. The summed E-state index contributed by atoms with van der Waals surface area (Å²) < 4.78 is 51.0. The van der Waals surface area contributed by atoms with Gasteiger partial charge in [-0.05, 0) is 98.9 Å². The van der Waals surface area contributed by atoms with Crippen molar-refractivity contribution in [1.82, 2.24) is 39.6 Å². The van der Waals surface area contributed by atoms with Crippen molar-refractivity contribution in [2.75, 3.05) is 66.2 Å². The number of halogens is 4. The maximum Gasteiger partial charge on any atom is 0.308 e. The number of alkyl halides is 1. The van der Waals surface area contributed by atoms with Gasteiger partial charge in [0, 0.05) is 37.3 Å². The minimum Gasteiger partial charge on any atom is -0.469 e. The highest BCUT2D eigenvalue weighted by Crippen LogP contribution is 2.33. The summed E-state index contributed by atoms with van der Waals surface area (Å²) in [5, 5.41) is 12.7. The molecular formula is C50H64Cl2F2N8O8.